The van der Waals surface area contributed by atoms with Crippen LogP contribution in [0.3, 0.4) is 0 Å². The van der Waals surface area contributed by atoms with E-state index in [0.29, 0.717) is 27.9 Å². The lowest BCUT2D eigenvalue weighted by Crippen LogP contribution is -2.37. The largest absolute Gasteiger partial charge is 0.376 e. The number of unbranched alkanes of at least 4 members (excludes halogenated alkanes) is 1. The van der Waals surface area contributed by atoms with Crippen molar-refractivity contribution in [2.24, 2.45) is 0 Å². The normalized spacial score (nSPS) is 22.1. The molecule has 34 heavy (non-hydrogen) atoms. The first-order chi connectivity index (χ1) is 16.5. The number of amides is 1. The molecule has 3 aliphatic rings. The van der Waals surface area contributed by atoms with Gasteiger partial charge in [0, 0.05) is 31.8 Å². The average molecular weight is 501 g/mol. The highest BCUT2D eigenvalue weighted by Gasteiger charge is 2.35. The summed E-state index contributed by atoms with van der Waals surface area (Å²) >= 11 is 6.83. The smallest absolute Gasteiger partial charge is 0.270 e. The van der Waals surface area contributed by atoms with E-state index >= 15 is 0 Å². The van der Waals surface area contributed by atoms with Crippen molar-refractivity contribution in [3.63, 3.8) is 0 Å². The Balaban J connectivity index is 1.80. The summed E-state index contributed by atoms with van der Waals surface area (Å²) in [4.78, 5) is 31.1. The number of thioether (sulfide) groups is 1. The molecule has 1 aromatic rings. The number of hydrogen-bond donors (Lipinski definition) is 0. The summed E-state index contributed by atoms with van der Waals surface area (Å²) in [6.07, 6.45) is 8.89. The zero-order valence-electron chi connectivity index (χ0n) is 20.0. The first-order valence-corrected chi connectivity index (χ1v) is 13.5. The highest BCUT2D eigenvalue weighted by Crippen LogP contribution is 2.37. The van der Waals surface area contributed by atoms with Gasteiger partial charge in [-0.25, -0.2) is 0 Å². The molecule has 3 saturated heterocycles. The third-order valence-corrected chi connectivity index (χ3v) is 8.17. The Morgan fingerprint density at radius 3 is 2.65 bits per heavy atom. The third-order valence-electron chi connectivity index (χ3n) is 6.80. The van der Waals surface area contributed by atoms with E-state index in [0.717, 1.165) is 69.6 Å². The summed E-state index contributed by atoms with van der Waals surface area (Å²) < 4.78 is 8.01. The van der Waals surface area contributed by atoms with Gasteiger partial charge >= 0.3 is 0 Å². The van der Waals surface area contributed by atoms with E-state index in [1.54, 1.807) is 9.47 Å². The second-order valence-corrected chi connectivity index (χ2v) is 10.8. The van der Waals surface area contributed by atoms with Gasteiger partial charge in [-0.15, -0.1) is 0 Å². The van der Waals surface area contributed by atoms with Crippen molar-refractivity contribution in [2.45, 2.75) is 71.4 Å². The molecule has 1 atom stereocenters. The molecule has 1 unspecified atom stereocenters. The predicted octanol–water partition coefficient (Wildman–Crippen LogP) is 4.20. The lowest BCUT2D eigenvalue weighted by Gasteiger charge is -2.33. The maximum Gasteiger partial charge on any atom is 0.270 e. The van der Waals surface area contributed by atoms with Crippen LogP contribution in [0.4, 0.5) is 5.82 Å². The number of rotatable bonds is 7. The predicted molar refractivity (Wildman–Crippen MR) is 140 cm³/mol. The van der Waals surface area contributed by atoms with Crippen molar-refractivity contribution in [2.75, 3.05) is 31.1 Å². The maximum absolute atomic E-state index is 13.3. The molecule has 7 nitrogen and oxygen atoms in total. The van der Waals surface area contributed by atoms with Gasteiger partial charge in [0.15, 0.2) is 0 Å². The molecule has 0 aliphatic carbocycles. The fourth-order valence-electron chi connectivity index (χ4n) is 4.89. The fraction of sp³-hybridized carbons (Fsp3) is 0.600. The van der Waals surface area contributed by atoms with Crippen LogP contribution in [0.15, 0.2) is 9.70 Å². The zero-order chi connectivity index (χ0) is 24.2. The SMILES string of the molecule is CCCCn1c(N2CCCCC2)c(/C=C2\SC(=S)N(CC3CCCO3)C2=O)c(C)c(C#N)c1=O. The van der Waals surface area contributed by atoms with Crippen LogP contribution in [0.5, 0.6) is 0 Å². The van der Waals surface area contributed by atoms with Gasteiger partial charge in [-0.2, -0.15) is 5.26 Å². The van der Waals surface area contributed by atoms with Gasteiger partial charge in [0.1, 0.15) is 21.8 Å². The Morgan fingerprint density at radius 2 is 2.00 bits per heavy atom. The number of anilines is 1. The van der Waals surface area contributed by atoms with Gasteiger partial charge in [-0.3, -0.25) is 19.1 Å². The molecular weight excluding hydrogens is 468 g/mol. The monoisotopic (exact) mass is 500 g/mol. The fourth-order valence-corrected chi connectivity index (χ4v) is 6.15. The van der Waals surface area contributed by atoms with E-state index in [4.69, 9.17) is 17.0 Å². The van der Waals surface area contributed by atoms with Crippen molar-refractivity contribution >= 4 is 46.1 Å². The zero-order valence-corrected chi connectivity index (χ0v) is 21.6. The van der Waals surface area contributed by atoms with E-state index < -0.39 is 0 Å². The highest BCUT2D eigenvalue weighted by molar-refractivity contribution is 8.26. The molecule has 0 spiro atoms. The molecule has 4 heterocycles. The lowest BCUT2D eigenvalue weighted by atomic mass is 10.0. The van der Waals surface area contributed by atoms with E-state index in [-0.39, 0.29) is 23.1 Å². The van der Waals surface area contributed by atoms with Crippen molar-refractivity contribution in [3.8, 4) is 6.07 Å². The highest BCUT2D eigenvalue weighted by atomic mass is 32.2. The second-order valence-electron chi connectivity index (χ2n) is 9.13. The number of ether oxygens (including phenoxy) is 1. The molecule has 0 bridgehead atoms. The van der Waals surface area contributed by atoms with Crippen molar-refractivity contribution in [1.82, 2.24) is 9.47 Å². The van der Waals surface area contributed by atoms with Crippen molar-refractivity contribution < 1.29 is 9.53 Å². The van der Waals surface area contributed by atoms with Gasteiger partial charge in [-0.05, 0) is 57.1 Å². The third kappa shape index (κ3) is 4.95. The van der Waals surface area contributed by atoms with Crippen LogP contribution in [0.2, 0.25) is 0 Å². The molecule has 4 rings (SSSR count). The van der Waals surface area contributed by atoms with E-state index in [2.05, 4.69) is 17.9 Å². The van der Waals surface area contributed by atoms with Crippen LogP contribution in [0.25, 0.3) is 6.08 Å². The van der Waals surface area contributed by atoms with Crippen LogP contribution in [-0.4, -0.2) is 52.0 Å². The van der Waals surface area contributed by atoms with Crippen LogP contribution in [0, 0.1) is 18.3 Å². The summed E-state index contributed by atoms with van der Waals surface area (Å²) in [6, 6.07) is 2.13. The van der Waals surface area contributed by atoms with Gasteiger partial charge < -0.3 is 9.64 Å². The topological polar surface area (TPSA) is 78.6 Å². The number of piperidine rings is 1. The first-order valence-electron chi connectivity index (χ1n) is 12.3. The number of carbonyl (C=O) groups excluding carboxylic acids is 1. The van der Waals surface area contributed by atoms with Gasteiger partial charge in [0.25, 0.3) is 11.5 Å². The molecule has 1 aromatic heterocycles. The Bertz CT molecular complexity index is 1090. The van der Waals surface area contributed by atoms with E-state index in [1.807, 2.05) is 13.0 Å². The number of thiocarbonyl (C=S) groups is 1. The minimum atomic E-state index is -0.239. The van der Waals surface area contributed by atoms with E-state index in [1.165, 1.54) is 18.2 Å². The quantitative estimate of drug-likeness (QED) is 0.410. The van der Waals surface area contributed by atoms with E-state index in [9.17, 15) is 14.9 Å². The number of aromatic nitrogens is 1. The molecule has 9 heteroatoms. The summed E-state index contributed by atoms with van der Waals surface area (Å²) in [6.45, 7) is 7.37. The molecule has 0 aromatic carbocycles. The Hall–Kier alpha value is -2.15. The van der Waals surface area contributed by atoms with Gasteiger partial charge in [0.2, 0.25) is 0 Å². The summed E-state index contributed by atoms with van der Waals surface area (Å²) in [7, 11) is 0. The molecule has 0 saturated carbocycles. The maximum atomic E-state index is 13.3. The number of nitriles is 1. The summed E-state index contributed by atoms with van der Waals surface area (Å²) in [5, 5.41) is 9.82. The first kappa shape index (κ1) is 25.0. The molecular formula is C25H32N4O3S2. The average Bonchev–Trinajstić information content (AvgIpc) is 3.45. The van der Waals surface area contributed by atoms with Crippen LogP contribution < -0.4 is 10.5 Å². The van der Waals surface area contributed by atoms with Crippen LogP contribution in [-0.2, 0) is 16.1 Å². The molecule has 3 aliphatic heterocycles. The van der Waals surface area contributed by atoms with Crippen LogP contribution >= 0.6 is 24.0 Å². The van der Waals surface area contributed by atoms with Crippen molar-refractivity contribution in [1.29, 1.82) is 5.26 Å². The molecule has 0 N–H and O–H groups in total. The number of pyridine rings is 1. The minimum absolute atomic E-state index is 0.0219. The molecule has 1 amide bonds. The summed E-state index contributed by atoms with van der Waals surface area (Å²) in [5.41, 5.74) is 1.33. The number of hydrogen-bond acceptors (Lipinski definition) is 7. The van der Waals surface area contributed by atoms with Crippen LogP contribution in [0.1, 0.15) is 68.6 Å². The second kappa shape index (κ2) is 11.1. The Labute approximate surface area is 210 Å². The lowest BCUT2D eigenvalue weighted by molar-refractivity contribution is -0.123. The molecule has 182 valence electrons. The standard InChI is InChI=1S/C25H32N4O3S2/c1-3-4-12-28-22(27-10-6-5-7-11-27)19(17(2)20(15-26)23(28)30)14-21-24(31)29(25(33)34-21)16-18-9-8-13-32-18/h14,18H,3-13,16H2,1-2H3/b21-14-. The number of carbonyl (C=O) groups is 1. The minimum Gasteiger partial charge on any atom is -0.376 e. The van der Waals surface area contributed by atoms with Gasteiger partial charge in [-0.1, -0.05) is 37.3 Å². The molecule has 0 radical (unpaired) electrons. The Morgan fingerprint density at radius 1 is 1.24 bits per heavy atom. The number of nitrogens with zero attached hydrogens (tertiary/aromatic N) is 4. The van der Waals surface area contributed by atoms with Gasteiger partial charge in [0.05, 0.1) is 17.6 Å². The Kier molecular flexibility index (Phi) is 8.12. The van der Waals surface area contributed by atoms with Crippen molar-refractivity contribution in [3.05, 3.63) is 31.9 Å². The molecule has 3 fully saturated rings. The summed E-state index contributed by atoms with van der Waals surface area (Å²) in [5.74, 6) is 0.707.